The van der Waals surface area contributed by atoms with E-state index in [1.165, 1.54) is 99.6 Å². The van der Waals surface area contributed by atoms with E-state index in [1.807, 2.05) is 42.5 Å². The first kappa shape index (κ1) is 41.0. The Kier molecular flexibility index (Phi) is 10.5. The number of hydrogen-bond acceptors (Lipinski definition) is 2. The molecule has 308 valence electrons. The molecule has 3 aromatic heterocycles. The summed E-state index contributed by atoms with van der Waals surface area (Å²) in [5.41, 5.74) is 24.3. The molecule has 0 saturated heterocycles. The highest BCUT2D eigenvalue weighted by atomic mass is 79.9. The van der Waals surface area contributed by atoms with E-state index >= 15 is 0 Å². The van der Waals surface area contributed by atoms with Crippen LogP contribution in [0.25, 0.3) is 82.5 Å². The molecule has 1 aliphatic rings. The van der Waals surface area contributed by atoms with E-state index in [0.29, 0.717) is 0 Å². The van der Waals surface area contributed by atoms with Crippen LogP contribution in [0.5, 0.6) is 0 Å². The van der Waals surface area contributed by atoms with Gasteiger partial charge in [-0.15, -0.1) is 0 Å². The minimum atomic E-state index is 0. The molecule has 0 bridgehead atoms. The number of aromatic nitrogens is 1. The van der Waals surface area contributed by atoms with Gasteiger partial charge in [0, 0.05) is 42.5 Å². The smallest absolute Gasteiger partial charge is 0.135 e. The van der Waals surface area contributed by atoms with Gasteiger partial charge in [0.2, 0.25) is 0 Å². The summed E-state index contributed by atoms with van der Waals surface area (Å²) in [5.74, 6) is 0. The van der Waals surface area contributed by atoms with E-state index in [2.05, 4.69) is 167 Å². The maximum Gasteiger partial charge on any atom is 0.135 e. The summed E-state index contributed by atoms with van der Waals surface area (Å²) in [4.78, 5) is 0. The molecule has 11 aromatic rings. The molecule has 4 heteroatoms. The van der Waals surface area contributed by atoms with Crippen molar-refractivity contribution in [3.63, 3.8) is 0 Å². The fourth-order valence-corrected chi connectivity index (χ4v) is 10.3. The van der Waals surface area contributed by atoms with Gasteiger partial charge in [-0.2, -0.15) is 0 Å². The number of benzene rings is 8. The van der Waals surface area contributed by atoms with E-state index in [9.17, 15) is 0 Å². The van der Waals surface area contributed by atoms with Crippen LogP contribution in [0.1, 0.15) is 55.6 Å². The third-order valence-corrected chi connectivity index (χ3v) is 13.0. The molecule has 0 radical (unpaired) electrons. The van der Waals surface area contributed by atoms with Crippen molar-refractivity contribution in [3.05, 3.63) is 201 Å². The van der Waals surface area contributed by atoms with Gasteiger partial charge < -0.3 is 20.8 Å². The quantitative estimate of drug-likeness (QED) is 0.154. The molecule has 0 unspecified atom stereocenters. The maximum atomic E-state index is 6.07. The molecule has 0 atom stereocenters. The Balaban J connectivity index is 0.000000129. The van der Waals surface area contributed by atoms with Crippen molar-refractivity contribution in [3.8, 4) is 16.8 Å². The van der Waals surface area contributed by atoms with E-state index < -0.39 is 0 Å². The zero-order valence-electron chi connectivity index (χ0n) is 37.1. The summed E-state index contributed by atoms with van der Waals surface area (Å²) in [7, 11) is 0. The maximum absolute atomic E-state index is 6.07. The molecule has 0 spiro atoms. The zero-order valence-corrected chi connectivity index (χ0v) is 38.6. The molecule has 8 aromatic carbocycles. The molecule has 12 rings (SSSR count). The van der Waals surface area contributed by atoms with Crippen LogP contribution in [0.2, 0.25) is 0 Å². The van der Waals surface area contributed by atoms with Gasteiger partial charge in [0.05, 0.1) is 11.0 Å². The van der Waals surface area contributed by atoms with Gasteiger partial charge in [0.15, 0.2) is 0 Å². The van der Waals surface area contributed by atoms with Crippen molar-refractivity contribution in [2.24, 2.45) is 0 Å². The van der Waals surface area contributed by atoms with Crippen LogP contribution in [0.15, 0.2) is 147 Å². The van der Waals surface area contributed by atoms with Crippen molar-refractivity contribution in [2.45, 2.75) is 61.8 Å². The average molecular weight is 874 g/mol. The molecular weight excluding hydrogens is 823 g/mol. The topological polar surface area (TPSA) is 31.2 Å². The Morgan fingerprint density at radius 2 is 0.823 bits per heavy atom. The largest absolute Gasteiger partial charge is 0.456 e. The molecular formula is C58H51BrNO2-. The normalized spacial score (nSPS) is 11.8. The molecule has 0 fully saturated rings. The first-order chi connectivity index (χ1) is 29.4. The van der Waals surface area contributed by atoms with Gasteiger partial charge in [-0.05, 0) is 167 Å². The van der Waals surface area contributed by atoms with Crippen LogP contribution in [-0.4, -0.2) is 4.57 Å². The van der Waals surface area contributed by atoms with Crippen LogP contribution in [-0.2, 0) is 6.42 Å². The molecule has 62 heavy (non-hydrogen) atoms. The third kappa shape index (κ3) is 7.01. The summed E-state index contributed by atoms with van der Waals surface area (Å²) in [5, 5.41) is 7.31. The van der Waals surface area contributed by atoms with Gasteiger partial charge in [0.25, 0.3) is 0 Å². The molecule has 0 aliphatic heterocycles. The van der Waals surface area contributed by atoms with Crippen LogP contribution in [0.4, 0.5) is 0 Å². The molecule has 3 heterocycles. The van der Waals surface area contributed by atoms with Crippen LogP contribution < -0.4 is 0 Å². The van der Waals surface area contributed by atoms with Gasteiger partial charge in [-0.1, -0.05) is 111 Å². The Morgan fingerprint density at radius 3 is 1.34 bits per heavy atom. The second-order valence-electron chi connectivity index (χ2n) is 17.2. The van der Waals surface area contributed by atoms with Crippen molar-refractivity contribution in [2.75, 3.05) is 0 Å². The number of para-hydroxylation sites is 2. The lowest BCUT2D eigenvalue weighted by atomic mass is 9.98. The highest BCUT2D eigenvalue weighted by molar-refractivity contribution is 9.10. The van der Waals surface area contributed by atoms with Gasteiger partial charge in [0.1, 0.15) is 22.3 Å². The molecule has 0 amide bonds. The standard InChI is InChI=1S/C28H23NO.C17H18.C12H7BrO.CH3/c1-16-11-18(3)27-23(13-16)24-14-17(2)12-19(4)28(24)29(27)20-9-10-26-22(15-20)21-7-5-6-8-25(21)30-26;1-10-5-12(3)14-9-15-13(4)6-11(2)8-17(15)16(14)7-10;13-8-5-6-12-10(7-8)9-3-1-2-4-11(9)14-12;/h5-15H,1-4H3;5-8H,9H2,1-4H3;1-7H;1H3/q;;;-1. The summed E-state index contributed by atoms with van der Waals surface area (Å²) < 4.78 is 15.3. The highest BCUT2D eigenvalue weighted by Gasteiger charge is 2.22. The van der Waals surface area contributed by atoms with Crippen molar-refractivity contribution in [1.82, 2.24) is 4.57 Å². The van der Waals surface area contributed by atoms with Gasteiger partial charge in [-0.25, -0.2) is 0 Å². The molecule has 3 nitrogen and oxygen atoms in total. The first-order valence-electron chi connectivity index (χ1n) is 21.1. The van der Waals surface area contributed by atoms with E-state index in [-0.39, 0.29) is 7.43 Å². The van der Waals surface area contributed by atoms with Gasteiger partial charge >= 0.3 is 0 Å². The lowest BCUT2D eigenvalue weighted by Gasteiger charge is -2.12. The fraction of sp³-hybridized carbons (Fsp3) is 0.155. The fourth-order valence-electron chi connectivity index (χ4n) is 9.97. The predicted octanol–water partition coefficient (Wildman–Crippen LogP) is 17.2. The number of fused-ring (bicyclic) bond motifs is 12. The lowest BCUT2D eigenvalue weighted by molar-refractivity contribution is 0.668. The third-order valence-electron chi connectivity index (χ3n) is 12.5. The highest BCUT2D eigenvalue weighted by Crippen LogP contribution is 2.42. The minimum Gasteiger partial charge on any atom is -0.456 e. The number of furan rings is 2. The second kappa shape index (κ2) is 15.8. The summed E-state index contributed by atoms with van der Waals surface area (Å²) in [6.07, 6.45) is 1.11. The first-order valence-corrected chi connectivity index (χ1v) is 21.9. The molecule has 0 N–H and O–H groups in total. The number of aryl methyl sites for hydroxylation is 8. The lowest BCUT2D eigenvalue weighted by Crippen LogP contribution is -1.97. The predicted molar refractivity (Wildman–Crippen MR) is 268 cm³/mol. The van der Waals surface area contributed by atoms with Crippen LogP contribution >= 0.6 is 15.9 Å². The van der Waals surface area contributed by atoms with Crippen LogP contribution in [0, 0.1) is 62.8 Å². The minimum absolute atomic E-state index is 0. The second-order valence-corrected chi connectivity index (χ2v) is 18.1. The number of halogens is 1. The van der Waals surface area contributed by atoms with E-state index in [0.717, 1.165) is 49.4 Å². The number of hydrogen-bond donors (Lipinski definition) is 0. The Hall–Kier alpha value is -6.36. The van der Waals surface area contributed by atoms with E-state index in [1.54, 1.807) is 0 Å². The Labute approximate surface area is 372 Å². The van der Waals surface area contributed by atoms with Crippen molar-refractivity contribution >= 4 is 81.6 Å². The molecule has 1 aliphatic carbocycles. The van der Waals surface area contributed by atoms with E-state index in [4.69, 9.17) is 8.83 Å². The van der Waals surface area contributed by atoms with Crippen molar-refractivity contribution in [1.29, 1.82) is 0 Å². The monoisotopic (exact) mass is 872 g/mol. The summed E-state index contributed by atoms with van der Waals surface area (Å²) >= 11 is 3.46. The van der Waals surface area contributed by atoms with Gasteiger partial charge in [-0.3, -0.25) is 0 Å². The number of nitrogens with zero attached hydrogens (tertiary/aromatic N) is 1. The van der Waals surface area contributed by atoms with Crippen LogP contribution in [0.3, 0.4) is 0 Å². The van der Waals surface area contributed by atoms with Crippen molar-refractivity contribution < 1.29 is 8.83 Å². The zero-order chi connectivity index (χ0) is 42.3. The number of rotatable bonds is 1. The Morgan fingerprint density at radius 1 is 0.403 bits per heavy atom. The molecule has 0 saturated carbocycles. The Bertz CT molecular complexity index is 3440. The summed E-state index contributed by atoms with van der Waals surface area (Å²) in [6, 6.07) is 47.5. The summed E-state index contributed by atoms with van der Waals surface area (Å²) in [6.45, 7) is 17.7. The average Bonchev–Trinajstić information content (AvgIpc) is 3.98. The SMILES string of the molecule is Brc1ccc2oc3ccccc3c2c1.Cc1cc(C)c2c(c1)-c1cc(C)cc(C)c1C2.Cc1cc(C)c2c(c1)c1cc(C)cc(C)c1n2-c1ccc2oc3ccccc3c2c1.[CH3-].